The lowest BCUT2D eigenvalue weighted by molar-refractivity contribution is 0.419. The minimum atomic E-state index is 0.657. The lowest BCUT2D eigenvalue weighted by atomic mass is 10.0. The second-order valence-electron chi connectivity index (χ2n) is 6.37. The molecule has 1 aromatic carbocycles. The summed E-state index contributed by atoms with van der Waals surface area (Å²) < 4.78 is 5.46. The molecular weight excluding hydrogens is 298 g/mol. The largest absolute Gasteiger partial charge is 0.494 e. The molecular formula is C20H21N3O. The summed E-state index contributed by atoms with van der Waals surface area (Å²) in [5.41, 5.74) is 2.26. The van der Waals surface area contributed by atoms with Gasteiger partial charge in [-0.05, 0) is 48.6 Å². The molecule has 24 heavy (non-hydrogen) atoms. The Morgan fingerprint density at radius 1 is 1.17 bits per heavy atom. The molecule has 3 heterocycles. The van der Waals surface area contributed by atoms with E-state index in [9.17, 15) is 0 Å². The normalized spacial score (nSPS) is 17.4. The number of nitrogens with zero attached hydrogens (tertiary/aromatic N) is 3. The number of rotatable bonds is 4. The maximum absolute atomic E-state index is 5.46. The minimum Gasteiger partial charge on any atom is -0.494 e. The highest BCUT2D eigenvalue weighted by Gasteiger charge is 2.24. The predicted molar refractivity (Wildman–Crippen MR) is 96.6 cm³/mol. The molecule has 1 aliphatic heterocycles. The van der Waals surface area contributed by atoms with Gasteiger partial charge >= 0.3 is 0 Å². The lowest BCUT2D eigenvalue weighted by Gasteiger charge is -2.18. The van der Waals surface area contributed by atoms with Crippen LogP contribution < -0.4 is 9.64 Å². The molecule has 0 aliphatic carbocycles. The molecule has 2 aromatic heterocycles. The van der Waals surface area contributed by atoms with Gasteiger partial charge in [-0.15, -0.1) is 0 Å². The zero-order chi connectivity index (χ0) is 16.4. The number of hydrogen-bond acceptors (Lipinski definition) is 4. The van der Waals surface area contributed by atoms with Crippen molar-refractivity contribution in [1.82, 2.24) is 9.97 Å². The van der Waals surface area contributed by atoms with E-state index in [0.29, 0.717) is 5.92 Å². The van der Waals surface area contributed by atoms with E-state index in [-0.39, 0.29) is 0 Å². The number of hydrogen-bond donors (Lipinski definition) is 0. The molecule has 1 atom stereocenters. The van der Waals surface area contributed by atoms with Crippen molar-refractivity contribution in [2.75, 3.05) is 25.1 Å². The molecule has 0 bridgehead atoms. The topological polar surface area (TPSA) is 38.2 Å². The third-order valence-electron chi connectivity index (χ3n) is 4.75. The van der Waals surface area contributed by atoms with E-state index in [0.717, 1.165) is 42.0 Å². The van der Waals surface area contributed by atoms with Crippen molar-refractivity contribution in [3.63, 3.8) is 0 Å². The summed E-state index contributed by atoms with van der Waals surface area (Å²) in [6, 6.07) is 14.5. The van der Waals surface area contributed by atoms with Gasteiger partial charge in [0, 0.05) is 30.9 Å². The van der Waals surface area contributed by atoms with Crippen LogP contribution in [0.25, 0.3) is 10.9 Å². The first-order chi connectivity index (χ1) is 11.8. The number of aromatic nitrogens is 2. The van der Waals surface area contributed by atoms with Crippen LogP contribution in [0.1, 0.15) is 12.0 Å². The molecule has 0 amide bonds. The smallest absolute Gasteiger partial charge is 0.145 e. The van der Waals surface area contributed by atoms with E-state index in [4.69, 9.17) is 9.72 Å². The van der Waals surface area contributed by atoms with E-state index in [2.05, 4.69) is 34.1 Å². The Bertz CT molecular complexity index is 835. The monoisotopic (exact) mass is 319 g/mol. The number of methoxy groups -OCH3 is 1. The summed E-state index contributed by atoms with van der Waals surface area (Å²) in [6.07, 6.45) is 6.08. The quantitative estimate of drug-likeness (QED) is 0.735. The Balaban J connectivity index is 1.53. The van der Waals surface area contributed by atoms with Crippen molar-refractivity contribution in [3.05, 3.63) is 60.4 Å². The van der Waals surface area contributed by atoms with E-state index in [1.54, 1.807) is 7.11 Å². The van der Waals surface area contributed by atoms with Crippen LogP contribution in [0.2, 0.25) is 0 Å². The average molecular weight is 319 g/mol. The maximum atomic E-state index is 5.46. The predicted octanol–water partition coefficient (Wildman–Crippen LogP) is 3.71. The molecule has 1 aliphatic rings. The Kier molecular flexibility index (Phi) is 4.03. The number of para-hydroxylation sites is 1. The van der Waals surface area contributed by atoms with Crippen molar-refractivity contribution in [1.29, 1.82) is 0 Å². The summed E-state index contributed by atoms with van der Waals surface area (Å²) in [7, 11) is 1.70. The highest BCUT2D eigenvalue weighted by atomic mass is 16.5. The van der Waals surface area contributed by atoms with Gasteiger partial charge in [-0.25, -0.2) is 4.98 Å². The fourth-order valence-corrected chi connectivity index (χ4v) is 3.51. The molecule has 122 valence electrons. The fraction of sp³-hybridized carbons (Fsp3) is 0.300. The Hall–Kier alpha value is -2.62. The van der Waals surface area contributed by atoms with Crippen LogP contribution >= 0.6 is 0 Å². The highest BCUT2D eigenvalue weighted by Crippen LogP contribution is 2.29. The van der Waals surface area contributed by atoms with Crippen LogP contribution in [-0.2, 0) is 6.42 Å². The summed E-state index contributed by atoms with van der Waals surface area (Å²) >= 11 is 0. The van der Waals surface area contributed by atoms with E-state index in [1.165, 1.54) is 12.0 Å². The molecule has 0 spiro atoms. The minimum absolute atomic E-state index is 0.657. The van der Waals surface area contributed by atoms with Crippen molar-refractivity contribution < 1.29 is 4.74 Å². The first-order valence-electron chi connectivity index (χ1n) is 8.41. The van der Waals surface area contributed by atoms with Gasteiger partial charge in [-0.3, -0.25) is 4.98 Å². The highest BCUT2D eigenvalue weighted by molar-refractivity contribution is 5.86. The van der Waals surface area contributed by atoms with Gasteiger partial charge in [0.25, 0.3) is 0 Å². The average Bonchev–Trinajstić information content (AvgIpc) is 3.10. The summed E-state index contributed by atoms with van der Waals surface area (Å²) in [6.45, 7) is 2.10. The number of benzene rings is 1. The van der Waals surface area contributed by atoms with Gasteiger partial charge in [0.2, 0.25) is 0 Å². The van der Waals surface area contributed by atoms with Gasteiger partial charge in [-0.1, -0.05) is 18.2 Å². The molecule has 0 radical (unpaired) electrons. The van der Waals surface area contributed by atoms with Crippen LogP contribution in [0, 0.1) is 5.92 Å². The molecule has 4 heteroatoms. The standard InChI is InChI=1S/C20H21N3O/c1-24-18-6-2-5-17-7-8-19(22-20(17)18)23-11-9-16(14-23)12-15-4-3-10-21-13-15/h2-8,10,13,16H,9,11-12,14H2,1H3. The van der Waals surface area contributed by atoms with Gasteiger partial charge in [0.15, 0.2) is 0 Å². The lowest BCUT2D eigenvalue weighted by Crippen LogP contribution is -2.21. The molecule has 0 N–H and O–H groups in total. The molecule has 1 fully saturated rings. The zero-order valence-electron chi connectivity index (χ0n) is 13.9. The van der Waals surface area contributed by atoms with Crippen molar-refractivity contribution >= 4 is 16.7 Å². The first kappa shape index (κ1) is 14.9. The van der Waals surface area contributed by atoms with Crippen molar-refractivity contribution in [2.45, 2.75) is 12.8 Å². The van der Waals surface area contributed by atoms with Crippen LogP contribution in [0.5, 0.6) is 5.75 Å². The number of anilines is 1. The first-order valence-corrected chi connectivity index (χ1v) is 8.41. The molecule has 1 unspecified atom stereocenters. The van der Waals surface area contributed by atoms with Crippen molar-refractivity contribution in [3.8, 4) is 5.75 Å². The zero-order valence-corrected chi connectivity index (χ0v) is 13.9. The number of ether oxygens (including phenoxy) is 1. The Labute approximate surface area is 142 Å². The van der Waals surface area contributed by atoms with E-state index < -0.39 is 0 Å². The SMILES string of the molecule is COc1cccc2ccc(N3CCC(Cc4cccnc4)C3)nc12. The second kappa shape index (κ2) is 6.48. The van der Waals surface area contributed by atoms with Gasteiger partial charge in [0.05, 0.1) is 7.11 Å². The fourth-order valence-electron chi connectivity index (χ4n) is 3.51. The summed E-state index contributed by atoms with van der Waals surface area (Å²) in [4.78, 5) is 11.5. The molecule has 0 saturated carbocycles. The van der Waals surface area contributed by atoms with Gasteiger partial charge < -0.3 is 9.64 Å². The van der Waals surface area contributed by atoms with Crippen LogP contribution in [0.15, 0.2) is 54.9 Å². The van der Waals surface area contributed by atoms with Gasteiger partial charge in [-0.2, -0.15) is 0 Å². The maximum Gasteiger partial charge on any atom is 0.145 e. The van der Waals surface area contributed by atoms with Crippen LogP contribution in [-0.4, -0.2) is 30.2 Å². The second-order valence-corrected chi connectivity index (χ2v) is 6.37. The number of fused-ring (bicyclic) bond motifs is 1. The Morgan fingerprint density at radius 3 is 2.96 bits per heavy atom. The summed E-state index contributed by atoms with van der Waals surface area (Å²) in [5, 5.41) is 1.12. The van der Waals surface area contributed by atoms with Gasteiger partial charge in [0.1, 0.15) is 17.1 Å². The van der Waals surface area contributed by atoms with Crippen LogP contribution in [0.3, 0.4) is 0 Å². The molecule has 3 aromatic rings. The van der Waals surface area contributed by atoms with Crippen LogP contribution in [0.4, 0.5) is 5.82 Å². The number of pyridine rings is 2. The Morgan fingerprint density at radius 2 is 2.12 bits per heavy atom. The molecule has 1 saturated heterocycles. The molecule has 4 nitrogen and oxygen atoms in total. The summed E-state index contributed by atoms with van der Waals surface area (Å²) in [5.74, 6) is 2.53. The van der Waals surface area contributed by atoms with Crippen molar-refractivity contribution in [2.24, 2.45) is 5.92 Å². The van der Waals surface area contributed by atoms with E-state index in [1.807, 2.05) is 30.6 Å². The van der Waals surface area contributed by atoms with E-state index >= 15 is 0 Å². The third kappa shape index (κ3) is 2.92. The molecule has 4 rings (SSSR count). The third-order valence-corrected chi connectivity index (χ3v) is 4.75.